The number of rotatable bonds is 9. The first kappa shape index (κ1) is 18.9. The fraction of sp³-hybridized carbons (Fsp3) is 0.412. The van der Waals surface area contributed by atoms with Gasteiger partial charge in [-0.15, -0.1) is 11.3 Å². The van der Waals surface area contributed by atoms with Crippen molar-refractivity contribution in [1.29, 1.82) is 0 Å². The number of hydrogen-bond donors (Lipinski definition) is 1. The number of methoxy groups -OCH3 is 1. The Labute approximate surface area is 151 Å². The zero-order valence-corrected chi connectivity index (χ0v) is 15.4. The van der Waals surface area contributed by atoms with Crippen LogP contribution in [0, 0.1) is 6.92 Å². The quantitative estimate of drug-likeness (QED) is 0.687. The highest BCUT2D eigenvalue weighted by Gasteiger charge is 2.15. The summed E-state index contributed by atoms with van der Waals surface area (Å²) in [5.41, 5.74) is 1.64. The molecule has 1 heterocycles. The van der Waals surface area contributed by atoms with Crippen molar-refractivity contribution in [2.24, 2.45) is 0 Å². The minimum absolute atomic E-state index is 0.102. The molecule has 0 aliphatic rings. The second-order valence-electron chi connectivity index (χ2n) is 5.16. The summed E-state index contributed by atoms with van der Waals surface area (Å²) in [5, 5.41) is 4.35. The Morgan fingerprint density at radius 2 is 2.17 bits per heavy atom. The van der Waals surface area contributed by atoms with E-state index in [1.54, 1.807) is 7.11 Å². The number of carbonyl (C=O) groups is 1. The van der Waals surface area contributed by atoms with Crippen LogP contribution in [0.2, 0.25) is 5.02 Å². The van der Waals surface area contributed by atoms with Crippen LogP contribution in [0.5, 0.6) is 0 Å². The lowest BCUT2D eigenvalue weighted by Crippen LogP contribution is -2.25. The average Bonchev–Trinajstić information content (AvgIpc) is 2.96. The number of hydrogen-bond acceptors (Lipinski definition) is 5. The maximum atomic E-state index is 12.3. The third-order valence-electron chi connectivity index (χ3n) is 3.26. The second-order valence-corrected chi connectivity index (χ2v) is 6.59. The molecule has 1 amide bonds. The van der Waals surface area contributed by atoms with E-state index in [4.69, 9.17) is 21.1 Å². The van der Waals surface area contributed by atoms with Gasteiger partial charge in [-0.1, -0.05) is 23.7 Å². The molecule has 0 aliphatic heterocycles. The highest BCUT2D eigenvalue weighted by atomic mass is 35.5. The lowest BCUT2D eigenvalue weighted by atomic mass is 10.2. The second kappa shape index (κ2) is 9.74. The molecule has 1 aromatic heterocycles. The van der Waals surface area contributed by atoms with Gasteiger partial charge in [-0.25, -0.2) is 4.98 Å². The van der Waals surface area contributed by atoms with Gasteiger partial charge in [0.2, 0.25) is 0 Å². The standard InChI is InChI=1S/C17H21ClN2O3S/c1-12-15(16(21)19-7-4-8-23-10-9-22-2)24-17(20-12)13-5-3-6-14(18)11-13/h3,5-6,11H,4,7-10H2,1-2H3,(H,19,21). The van der Waals surface area contributed by atoms with Crippen molar-refractivity contribution in [1.82, 2.24) is 10.3 Å². The predicted molar refractivity (Wildman–Crippen MR) is 96.9 cm³/mol. The zero-order valence-electron chi connectivity index (χ0n) is 13.8. The lowest BCUT2D eigenvalue weighted by molar-refractivity contribution is 0.0688. The minimum Gasteiger partial charge on any atom is -0.382 e. The molecule has 0 radical (unpaired) electrons. The van der Waals surface area contributed by atoms with Crippen molar-refractivity contribution < 1.29 is 14.3 Å². The number of carbonyl (C=O) groups excluding carboxylic acids is 1. The molecule has 0 fully saturated rings. The zero-order chi connectivity index (χ0) is 17.4. The van der Waals surface area contributed by atoms with Crippen molar-refractivity contribution in [2.45, 2.75) is 13.3 Å². The van der Waals surface area contributed by atoms with Crippen LogP contribution in [0.1, 0.15) is 21.8 Å². The van der Waals surface area contributed by atoms with Crippen LogP contribution in [-0.4, -0.2) is 44.4 Å². The summed E-state index contributed by atoms with van der Waals surface area (Å²) < 4.78 is 10.3. The molecule has 0 spiro atoms. The van der Waals surface area contributed by atoms with Gasteiger partial charge < -0.3 is 14.8 Å². The number of aryl methyl sites for hydroxylation is 1. The number of nitrogens with one attached hydrogen (secondary N) is 1. The monoisotopic (exact) mass is 368 g/mol. The van der Waals surface area contributed by atoms with Gasteiger partial charge in [0, 0.05) is 30.8 Å². The summed E-state index contributed by atoms with van der Waals surface area (Å²) in [7, 11) is 1.64. The molecule has 0 bridgehead atoms. The number of benzene rings is 1. The molecule has 2 aromatic rings. The van der Waals surface area contributed by atoms with Crippen molar-refractivity contribution in [3.8, 4) is 10.6 Å². The summed E-state index contributed by atoms with van der Waals surface area (Å²) in [6.07, 6.45) is 0.758. The van der Waals surface area contributed by atoms with Crippen LogP contribution in [0.15, 0.2) is 24.3 Å². The molecule has 0 atom stereocenters. The van der Waals surface area contributed by atoms with E-state index in [9.17, 15) is 4.79 Å². The highest BCUT2D eigenvalue weighted by molar-refractivity contribution is 7.17. The number of thiazole rings is 1. The van der Waals surface area contributed by atoms with E-state index < -0.39 is 0 Å². The molecule has 1 aromatic carbocycles. The van der Waals surface area contributed by atoms with E-state index >= 15 is 0 Å². The maximum Gasteiger partial charge on any atom is 0.263 e. The van der Waals surface area contributed by atoms with Crippen LogP contribution >= 0.6 is 22.9 Å². The van der Waals surface area contributed by atoms with Crippen molar-refractivity contribution in [3.63, 3.8) is 0 Å². The molecule has 24 heavy (non-hydrogen) atoms. The first-order valence-electron chi connectivity index (χ1n) is 7.70. The Balaban J connectivity index is 1.87. The van der Waals surface area contributed by atoms with Gasteiger partial charge in [0.25, 0.3) is 5.91 Å². The van der Waals surface area contributed by atoms with E-state index in [-0.39, 0.29) is 5.91 Å². The number of ether oxygens (including phenoxy) is 2. The first-order chi connectivity index (χ1) is 11.6. The van der Waals surface area contributed by atoms with Crippen LogP contribution in [0.25, 0.3) is 10.6 Å². The van der Waals surface area contributed by atoms with Crippen molar-refractivity contribution in [3.05, 3.63) is 39.9 Å². The van der Waals surface area contributed by atoms with Gasteiger partial charge in [0.15, 0.2) is 0 Å². The SMILES string of the molecule is COCCOCCCNC(=O)c1sc(-c2cccc(Cl)c2)nc1C. The van der Waals surface area contributed by atoms with Gasteiger partial charge in [0.05, 0.1) is 18.9 Å². The fourth-order valence-corrected chi connectivity index (χ4v) is 3.22. The van der Waals surface area contributed by atoms with Gasteiger partial charge >= 0.3 is 0 Å². The van der Waals surface area contributed by atoms with Crippen LogP contribution in [0.4, 0.5) is 0 Å². The Hall–Kier alpha value is -1.47. The van der Waals surface area contributed by atoms with Gasteiger partial charge in [-0.3, -0.25) is 4.79 Å². The molecule has 0 saturated carbocycles. The normalized spacial score (nSPS) is 10.8. The van der Waals surface area contributed by atoms with E-state index in [1.165, 1.54) is 11.3 Å². The van der Waals surface area contributed by atoms with E-state index in [0.717, 1.165) is 22.7 Å². The van der Waals surface area contributed by atoms with Crippen LogP contribution in [-0.2, 0) is 9.47 Å². The van der Waals surface area contributed by atoms with Gasteiger partial charge in [-0.2, -0.15) is 0 Å². The molecule has 7 heteroatoms. The third-order valence-corrected chi connectivity index (χ3v) is 4.70. The Morgan fingerprint density at radius 3 is 2.92 bits per heavy atom. The molecule has 0 aliphatic carbocycles. The maximum absolute atomic E-state index is 12.3. The topological polar surface area (TPSA) is 60.5 Å². The molecule has 1 N–H and O–H groups in total. The van der Waals surface area contributed by atoms with Gasteiger partial charge in [0.1, 0.15) is 9.88 Å². The molecule has 0 saturated heterocycles. The van der Waals surface area contributed by atoms with Crippen molar-refractivity contribution >= 4 is 28.8 Å². The molecule has 130 valence electrons. The molecular formula is C17H21ClN2O3S. The van der Waals surface area contributed by atoms with E-state index in [2.05, 4.69) is 10.3 Å². The Kier molecular flexibility index (Phi) is 7.65. The van der Waals surface area contributed by atoms with Gasteiger partial charge in [-0.05, 0) is 25.5 Å². The highest BCUT2D eigenvalue weighted by Crippen LogP contribution is 2.29. The number of halogens is 1. The average molecular weight is 369 g/mol. The Bertz CT molecular complexity index is 676. The smallest absolute Gasteiger partial charge is 0.263 e. The van der Waals surface area contributed by atoms with Crippen LogP contribution < -0.4 is 5.32 Å². The number of nitrogens with zero attached hydrogens (tertiary/aromatic N) is 1. The summed E-state index contributed by atoms with van der Waals surface area (Å²) in [6.45, 7) is 4.15. The first-order valence-corrected chi connectivity index (χ1v) is 8.89. The summed E-state index contributed by atoms with van der Waals surface area (Å²) in [6, 6.07) is 7.47. The molecule has 2 rings (SSSR count). The molecular weight excluding hydrogens is 348 g/mol. The largest absolute Gasteiger partial charge is 0.382 e. The Morgan fingerprint density at radius 1 is 1.33 bits per heavy atom. The summed E-state index contributed by atoms with van der Waals surface area (Å²) >= 11 is 7.39. The third kappa shape index (κ3) is 5.56. The lowest BCUT2D eigenvalue weighted by Gasteiger charge is -2.05. The summed E-state index contributed by atoms with van der Waals surface area (Å²) in [5.74, 6) is -0.102. The minimum atomic E-state index is -0.102. The van der Waals surface area contributed by atoms with E-state index in [0.29, 0.717) is 36.3 Å². The summed E-state index contributed by atoms with van der Waals surface area (Å²) in [4.78, 5) is 17.4. The fourth-order valence-electron chi connectivity index (χ4n) is 2.05. The molecule has 0 unspecified atom stereocenters. The van der Waals surface area contributed by atoms with Crippen LogP contribution in [0.3, 0.4) is 0 Å². The molecule has 5 nitrogen and oxygen atoms in total. The predicted octanol–water partition coefficient (Wildman–Crippen LogP) is 3.55. The van der Waals surface area contributed by atoms with Crippen molar-refractivity contribution in [2.75, 3.05) is 33.5 Å². The van der Waals surface area contributed by atoms with E-state index in [1.807, 2.05) is 31.2 Å². The number of aromatic nitrogens is 1. The number of amides is 1.